The normalized spacial score (nSPS) is 18.7. The summed E-state index contributed by atoms with van der Waals surface area (Å²) in [5.74, 6) is 1.55. The SMILES string of the molecule is COc1ccccc1C[C@@H]1CCc2ccccc2[C@H]1NCc1ccccc1. The Morgan fingerprint density at radius 3 is 2.48 bits per heavy atom. The third kappa shape index (κ3) is 4.06. The molecule has 0 fully saturated rings. The summed E-state index contributed by atoms with van der Waals surface area (Å²) in [4.78, 5) is 0. The van der Waals surface area contributed by atoms with E-state index in [0.717, 1.165) is 25.1 Å². The van der Waals surface area contributed by atoms with Gasteiger partial charge in [0.25, 0.3) is 0 Å². The fraction of sp³-hybridized carbons (Fsp3) is 0.280. The standard InChI is InChI=1S/C25H27NO/c1-27-24-14-8-6-12-21(24)17-22-16-15-20-11-5-7-13-23(20)25(22)26-18-19-9-3-2-4-10-19/h2-14,22,25-26H,15-18H2,1H3/t22-,25-/m0/s1. The van der Waals surface area contributed by atoms with Gasteiger partial charge in [0, 0.05) is 12.6 Å². The second-order valence-corrected chi connectivity index (χ2v) is 7.36. The van der Waals surface area contributed by atoms with Gasteiger partial charge in [0.2, 0.25) is 0 Å². The summed E-state index contributed by atoms with van der Waals surface area (Å²) in [6.07, 6.45) is 3.38. The number of benzene rings is 3. The molecule has 4 rings (SSSR count). The number of rotatable bonds is 6. The van der Waals surface area contributed by atoms with Crippen LogP contribution in [0.25, 0.3) is 0 Å². The maximum Gasteiger partial charge on any atom is 0.122 e. The van der Waals surface area contributed by atoms with Crippen molar-refractivity contribution in [2.45, 2.75) is 31.8 Å². The summed E-state index contributed by atoms with van der Waals surface area (Å²) in [6.45, 7) is 0.891. The molecule has 0 spiro atoms. The largest absolute Gasteiger partial charge is 0.496 e. The number of para-hydroxylation sites is 1. The van der Waals surface area contributed by atoms with Gasteiger partial charge in [0.15, 0.2) is 0 Å². The molecule has 0 radical (unpaired) electrons. The van der Waals surface area contributed by atoms with Crippen LogP contribution in [0.15, 0.2) is 78.9 Å². The van der Waals surface area contributed by atoms with Crippen LogP contribution < -0.4 is 10.1 Å². The van der Waals surface area contributed by atoms with Crippen LogP contribution in [0, 0.1) is 5.92 Å². The van der Waals surface area contributed by atoms with Gasteiger partial charge in [0.05, 0.1) is 7.11 Å². The molecule has 2 nitrogen and oxygen atoms in total. The van der Waals surface area contributed by atoms with Crippen LogP contribution in [0.1, 0.15) is 34.7 Å². The van der Waals surface area contributed by atoms with Crippen molar-refractivity contribution < 1.29 is 4.74 Å². The van der Waals surface area contributed by atoms with Gasteiger partial charge in [-0.2, -0.15) is 0 Å². The van der Waals surface area contributed by atoms with Gasteiger partial charge in [-0.05, 0) is 53.5 Å². The minimum atomic E-state index is 0.361. The first kappa shape index (κ1) is 17.8. The van der Waals surface area contributed by atoms with Crippen molar-refractivity contribution in [3.05, 3.63) is 101 Å². The summed E-state index contributed by atoms with van der Waals surface area (Å²) in [7, 11) is 1.76. The van der Waals surface area contributed by atoms with Crippen molar-refractivity contribution in [2.75, 3.05) is 7.11 Å². The monoisotopic (exact) mass is 357 g/mol. The van der Waals surface area contributed by atoms with Crippen molar-refractivity contribution in [1.29, 1.82) is 0 Å². The van der Waals surface area contributed by atoms with Gasteiger partial charge in [0.1, 0.15) is 5.75 Å². The van der Waals surface area contributed by atoms with Crippen molar-refractivity contribution >= 4 is 0 Å². The molecule has 0 saturated heterocycles. The number of methoxy groups -OCH3 is 1. The zero-order chi connectivity index (χ0) is 18.5. The first-order valence-corrected chi connectivity index (χ1v) is 9.82. The fourth-order valence-electron chi connectivity index (χ4n) is 4.30. The van der Waals surface area contributed by atoms with Crippen LogP contribution in [0.4, 0.5) is 0 Å². The predicted molar refractivity (Wildman–Crippen MR) is 111 cm³/mol. The van der Waals surface area contributed by atoms with E-state index >= 15 is 0 Å². The van der Waals surface area contributed by atoms with Crippen LogP contribution in [-0.2, 0) is 19.4 Å². The molecule has 1 aliphatic carbocycles. The summed E-state index contributed by atoms with van der Waals surface area (Å²) in [5, 5.41) is 3.86. The number of hydrogen-bond donors (Lipinski definition) is 1. The molecule has 0 aliphatic heterocycles. The molecule has 3 aromatic rings. The molecule has 2 heteroatoms. The number of fused-ring (bicyclic) bond motifs is 1. The summed E-state index contributed by atoms with van der Waals surface area (Å²) < 4.78 is 5.60. The van der Waals surface area contributed by atoms with E-state index in [4.69, 9.17) is 4.74 Å². The Kier molecular flexibility index (Phi) is 5.55. The van der Waals surface area contributed by atoms with E-state index in [9.17, 15) is 0 Å². The first-order valence-electron chi connectivity index (χ1n) is 9.82. The topological polar surface area (TPSA) is 21.3 Å². The molecule has 0 heterocycles. The quantitative estimate of drug-likeness (QED) is 0.644. The summed E-state index contributed by atoms with van der Waals surface area (Å²) in [5.41, 5.74) is 5.58. The van der Waals surface area contributed by atoms with Gasteiger partial charge < -0.3 is 10.1 Å². The Bertz CT molecular complexity index is 874. The molecule has 3 aromatic carbocycles. The van der Waals surface area contributed by atoms with Crippen LogP contribution >= 0.6 is 0 Å². The highest BCUT2D eigenvalue weighted by atomic mass is 16.5. The van der Waals surface area contributed by atoms with E-state index in [2.05, 4.69) is 78.1 Å². The van der Waals surface area contributed by atoms with Crippen LogP contribution in [0.3, 0.4) is 0 Å². The fourth-order valence-corrected chi connectivity index (χ4v) is 4.30. The van der Waals surface area contributed by atoms with Crippen molar-refractivity contribution in [2.24, 2.45) is 5.92 Å². The number of aryl methyl sites for hydroxylation is 1. The second kappa shape index (κ2) is 8.41. The van der Waals surface area contributed by atoms with E-state index in [1.54, 1.807) is 7.11 Å². The molecule has 2 atom stereocenters. The lowest BCUT2D eigenvalue weighted by Crippen LogP contribution is -2.33. The van der Waals surface area contributed by atoms with Gasteiger partial charge in [-0.1, -0.05) is 72.8 Å². The molecule has 0 unspecified atom stereocenters. The van der Waals surface area contributed by atoms with Crippen molar-refractivity contribution in [1.82, 2.24) is 5.32 Å². The van der Waals surface area contributed by atoms with Gasteiger partial charge in [-0.3, -0.25) is 0 Å². The van der Waals surface area contributed by atoms with Crippen LogP contribution in [-0.4, -0.2) is 7.11 Å². The number of hydrogen-bond acceptors (Lipinski definition) is 2. The number of nitrogens with one attached hydrogen (secondary N) is 1. The zero-order valence-electron chi connectivity index (χ0n) is 15.9. The highest BCUT2D eigenvalue weighted by molar-refractivity contribution is 5.37. The Balaban J connectivity index is 1.59. The van der Waals surface area contributed by atoms with E-state index in [1.807, 2.05) is 6.07 Å². The molecule has 0 amide bonds. The smallest absolute Gasteiger partial charge is 0.122 e. The Morgan fingerprint density at radius 2 is 1.63 bits per heavy atom. The third-order valence-corrected chi connectivity index (χ3v) is 5.69. The third-order valence-electron chi connectivity index (χ3n) is 5.69. The lowest BCUT2D eigenvalue weighted by atomic mass is 9.76. The zero-order valence-corrected chi connectivity index (χ0v) is 15.9. The first-order chi connectivity index (χ1) is 13.3. The average Bonchev–Trinajstić information content (AvgIpc) is 2.74. The molecule has 138 valence electrons. The van der Waals surface area contributed by atoms with E-state index < -0.39 is 0 Å². The molecule has 0 saturated carbocycles. The maximum atomic E-state index is 5.60. The highest BCUT2D eigenvalue weighted by Crippen LogP contribution is 2.38. The van der Waals surface area contributed by atoms with Crippen LogP contribution in [0.2, 0.25) is 0 Å². The second-order valence-electron chi connectivity index (χ2n) is 7.36. The Hall–Kier alpha value is -2.58. The molecule has 1 aliphatic rings. The van der Waals surface area contributed by atoms with Gasteiger partial charge >= 0.3 is 0 Å². The minimum Gasteiger partial charge on any atom is -0.496 e. The minimum absolute atomic E-state index is 0.361. The lowest BCUT2D eigenvalue weighted by molar-refractivity contribution is 0.312. The number of ether oxygens (including phenoxy) is 1. The molecular formula is C25H27NO. The van der Waals surface area contributed by atoms with Crippen molar-refractivity contribution in [3.8, 4) is 5.75 Å². The lowest BCUT2D eigenvalue weighted by Gasteiger charge is -2.35. The molecular weight excluding hydrogens is 330 g/mol. The van der Waals surface area contributed by atoms with Crippen molar-refractivity contribution in [3.63, 3.8) is 0 Å². The molecule has 27 heavy (non-hydrogen) atoms. The van der Waals surface area contributed by atoms with Gasteiger partial charge in [-0.15, -0.1) is 0 Å². The highest BCUT2D eigenvalue weighted by Gasteiger charge is 2.29. The Labute approximate surface area is 162 Å². The van der Waals surface area contributed by atoms with Crippen LogP contribution in [0.5, 0.6) is 5.75 Å². The van der Waals surface area contributed by atoms with E-state index in [-0.39, 0.29) is 0 Å². The predicted octanol–water partition coefficient (Wildman–Crippen LogP) is 5.33. The summed E-state index contributed by atoms with van der Waals surface area (Å²) >= 11 is 0. The van der Waals surface area contributed by atoms with E-state index in [1.165, 1.54) is 28.7 Å². The average molecular weight is 357 g/mol. The Morgan fingerprint density at radius 1 is 0.889 bits per heavy atom. The van der Waals surface area contributed by atoms with Gasteiger partial charge in [-0.25, -0.2) is 0 Å². The molecule has 0 bridgehead atoms. The maximum absolute atomic E-state index is 5.60. The van der Waals surface area contributed by atoms with E-state index in [0.29, 0.717) is 12.0 Å². The summed E-state index contributed by atoms with van der Waals surface area (Å²) in [6, 6.07) is 28.4. The molecule has 0 aromatic heterocycles. The molecule has 1 N–H and O–H groups in total.